The highest BCUT2D eigenvalue weighted by Crippen LogP contribution is 2.21. The van der Waals surface area contributed by atoms with Crippen molar-refractivity contribution >= 4 is 29.0 Å². The second kappa shape index (κ2) is 4.12. The molecule has 0 atom stereocenters. The van der Waals surface area contributed by atoms with Crippen molar-refractivity contribution in [2.75, 3.05) is 5.88 Å². The summed E-state index contributed by atoms with van der Waals surface area (Å²) >= 11 is 11.3. The van der Waals surface area contributed by atoms with Gasteiger partial charge in [0.1, 0.15) is 0 Å². The van der Waals surface area contributed by atoms with Gasteiger partial charge in [-0.2, -0.15) is 0 Å². The maximum atomic E-state index is 11.3. The van der Waals surface area contributed by atoms with Crippen LogP contribution in [0.25, 0.3) is 0 Å². The zero-order valence-corrected chi connectivity index (χ0v) is 9.04. The van der Waals surface area contributed by atoms with Crippen molar-refractivity contribution in [3.63, 3.8) is 0 Å². The molecule has 0 fully saturated rings. The van der Waals surface area contributed by atoms with Gasteiger partial charge < -0.3 is 0 Å². The Kier molecular flexibility index (Phi) is 3.34. The predicted molar refractivity (Wildman–Crippen MR) is 56.0 cm³/mol. The SMILES string of the molecule is Cc1cc(Cl)c(C(=O)CCl)cc1C. The molecule has 13 heavy (non-hydrogen) atoms. The van der Waals surface area contributed by atoms with Crippen LogP contribution < -0.4 is 0 Å². The molecular formula is C10H10Cl2O. The van der Waals surface area contributed by atoms with Crippen LogP contribution in [0.5, 0.6) is 0 Å². The van der Waals surface area contributed by atoms with Gasteiger partial charge in [-0.25, -0.2) is 0 Å². The van der Waals surface area contributed by atoms with E-state index in [9.17, 15) is 4.79 Å². The van der Waals surface area contributed by atoms with Crippen LogP contribution in [-0.2, 0) is 0 Å². The number of Topliss-reactive ketones (excluding diaryl/α,β-unsaturated/α-hetero) is 1. The number of carbonyl (C=O) groups excluding carboxylic acids is 1. The number of hydrogen-bond donors (Lipinski definition) is 0. The van der Waals surface area contributed by atoms with Crippen molar-refractivity contribution in [3.05, 3.63) is 33.8 Å². The van der Waals surface area contributed by atoms with E-state index in [-0.39, 0.29) is 11.7 Å². The van der Waals surface area contributed by atoms with Crippen molar-refractivity contribution < 1.29 is 4.79 Å². The van der Waals surface area contributed by atoms with E-state index in [0.29, 0.717) is 10.6 Å². The standard InChI is InChI=1S/C10H10Cl2O/c1-6-3-8(10(13)5-11)9(12)4-7(6)2/h3-4H,5H2,1-2H3. The van der Waals surface area contributed by atoms with Gasteiger partial charge in [0.15, 0.2) is 5.78 Å². The Morgan fingerprint density at radius 1 is 1.31 bits per heavy atom. The van der Waals surface area contributed by atoms with Gasteiger partial charge >= 0.3 is 0 Å². The van der Waals surface area contributed by atoms with Gasteiger partial charge in [0.05, 0.1) is 10.9 Å². The number of alkyl halides is 1. The molecular weight excluding hydrogens is 207 g/mol. The maximum Gasteiger partial charge on any atom is 0.179 e. The average molecular weight is 217 g/mol. The Hall–Kier alpha value is -0.530. The van der Waals surface area contributed by atoms with Gasteiger partial charge in [0.25, 0.3) is 0 Å². The van der Waals surface area contributed by atoms with Gasteiger partial charge in [-0.15, -0.1) is 11.6 Å². The Labute approximate surface area is 87.7 Å². The summed E-state index contributed by atoms with van der Waals surface area (Å²) in [4.78, 5) is 11.3. The second-order valence-corrected chi connectivity index (χ2v) is 3.65. The Balaban J connectivity index is 3.23. The summed E-state index contributed by atoms with van der Waals surface area (Å²) in [6, 6.07) is 3.57. The van der Waals surface area contributed by atoms with Gasteiger partial charge in [0, 0.05) is 5.56 Å². The summed E-state index contributed by atoms with van der Waals surface area (Å²) in [6.07, 6.45) is 0. The molecule has 0 aliphatic carbocycles. The minimum atomic E-state index is -0.130. The number of halogens is 2. The molecule has 3 heteroatoms. The highest BCUT2D eigenvalue weighted by atomic mass is 35.5. The molecule has 0 aliphatic heterocycles. The monoisotopic (exact) mass is 216 g/mol. The highest BCUT2D eigenvalue weighted by molar-refractivity contribution is 6.37. The molecule has 1 aromatic rings. The summed E-state index contributed by atoms with van der Waals surface area (Å²) in [7, 11) is 0. The van der Waals surface area contributed by atoms with Crippen LogP contribution in [0, 0.1) is 13.8 Å². The first-order valence-corrected chi connectivity index (χ1v) is 4.83. The fourth-order valence-electron chi connectivity index (χ4n) is 1.07. The fourth-order valence-corrected chi connectivity index (χ4v) is 1.53. The van der Waals surface area contributed by atoms with Crippen molar-refractivity contribution in [1.29, 1.82) is 0 Å². The smallest absolute Gasteiger partial charge is 0.179 e. The number of hydrogen-bond acceptors (Lipinski definition) is 1. The van der Waals surface area contributed by atoms with Crippen molar-refractivity contribution in [1.82, 2.24) is 0 Å². The number of benzene rings is 1. The topological polar surface area (TPSA) is 17.1 Å². The molecule has 70 valence electrons. The van der Waals surface area contributed by atoms with E-state index in [1.165, 1.54) is 0 Å². The van der Waals surface area contributed by atoms with E-state index in [2.05, 4.69) is 0 Å². The molecule has 0 saturated carbocycles. The minimum absolute atomic E-state index is 0.0256. The lowest BCUT2D eigenvalue weighted by molar-refractivity contribution is 0.102. The average Bonchev–Trinajstić information content (AvgIpc) is 2.10. The zero-order chi connectivity index (χ0) is 10.0. The zero-order valence-electron chi connectivity index (χ0n) is 7.53. The van der Waals surface area contributed by atoms with Crippen LogP contribution in [0.1, 0.15) is 21.5 Å². The van der Waals surface area contributed by atoms with Crippen molar-refractivity contribution in [3.8, 4) is 0 Å². The van der Waals surface area contributed by atoms with E-state index >= 15 is 0 Å². The molecule has 1 rings (SSSR count). The van der Waals surface area contributed by atoms with Crippen LogP contribution in [0.4, 0.5) is 0 Å². The van der Waals surface area contributed by atoms with E-state index < -0.39 is 0 Å². The van der Waals surface area contributed by atoms with E-state index in [0.717, 1.165) is 11.1 Å². The number of aryl methyl sites for hydroxylation is 2. The quantitative estimate of drug-likeness (QED) is 0.548. The first-order valence-electron chi connectivity index (χ1n) is 3.92. The lowest BCUT2D eigenvalue weighted by Gasteiger charge is -2.05. The Bertz CT molecular complexity index is 345. The van der Waals surface area contributed by atoms with Crippen LogP contribution in [-0.4, -0.2) is 11.7 Å². The highest BCUT2D eigenvalue weighted by Gasteiger charge is 2.10. The molecule has 0 bridgehead atoms. The largest absolute Gasteiger partial charge is 0.293 e. The third-order valence-corrected chi connectivity index (χ3v) is 2.56. The van der Waals surface area contributed by atoms with Crippen LogP contribution >= 0.6 is 23.2 Å². The number of carbonyl (C=O) groups is 1. The molecule has 1 aromatic carbocycles. The molecule has 0 radical (unpaired) electrons. The number of ketones is 1. The molecule has 0 aliphatic rings. The Morgan fingerprint density at radius 2 is 1.85 bits per heavy atom. The summed E-state index contributed by atoms with van der Waals surface area (Å²) in [5, 5.41) is 0.480. The van der Waals surface area contributed by atoms with E-state index in [4.69, 9.17) is 23.2 Å². The van der Waals surface area contributed by atoms with Gasteiger partial charge in [0.2, 0.25) is 0 Å². The van der Waals surface area contributed by atoms with Gasteiger partial charge in [-0.1, -0.05) is 11.6 Å². The third-order valence-electron chi connectivity index (χ3n) is 2.01. The van der Waals surface area contributed by atoms with Gasteiger partial charge in [-0.3, -0.25) is 4.79 Å². The molecule has 0 saturated heterocycles. The van der Waals surface area contributed by atoms with E-state index in [1.807, 2.05) is 13.8 Å². The first kappa shape index (κ1) is 10.6. The summed E-state index contributed by atoms with van der Waals surface area (Å²) in [6.45, 7) is 3.90. The molecule has 0 heterocycles. The predicted octanol–water partition coefficient (Wildman–Crippen LogP) is 3.38. The number of rotatable bonds is 2. The van der Waals surface area contributed by atoms with Crippen molar-refractivity contribution in [2.45, 2.75) is 13.8 Å². The summed E-state index contributed by atoms with van der Waals surface area (Å²) in [5.74, 6) is -0.155. The summed E-state index contributed by atoms with van der Waals surface area (Å²) in [5.41, 5.74) is 2.65. The lowest BCUT2D eigenvalue weighted by Crippen LogP contribution is -2.02. The lowest BCUT2D eigenvalue weighted by atomic mass is 10.0. The van der Waals surface area contributed by atoms with Crippen LogP contribution in [0.15, 0.2) is 12.1 Å². The normalized spacial score (nSPS) is 10.2. The van der Waals surface area contributed by atoms with E-state index in [1.54, 1.807) is 12.1 Å². The minimum Gasteiger partial charge on any atom is -0.293 e. The maximum absolute atomic E-state index is 11.3. The molecule has 0 amide bonds. The molecule has 0 aromatic heterocycles. The van der Waals surface area contributed by atoms with Crippen LogP contribution in [0.3, 0.4) is 0 Å². The van der Waals surface area contributed by atoms with Crippen molar-refractivity contribution in [2.24, 2.45) is 0 Å². The second-order valence-electron chi connectivity index (χ2n) is 2.97. The molecule has 0 unspecified atom stereocenters. The molecule has 0 spiro atoms. The third kappa shape index (κ3) is 2.23. The Morgan fingerprint density at radius 3 is 2.38 bits per heavy atom. The summed E-state index contributed by atoms with van der Waals surface area (Å²) < 4.78 is 0. The van der Waals surface area contributed by atoms with Gasteiger partial charge in [-0.05, 0) is 37.1 Å². The van der Waals surface area contributed by atoms with Crippen LogP contribution in [0.2, 0.25) is 5.02 Å². The first-order chi connectivity index (χ1) is 6.06. The molecule has 0 N–H and O–H groups in total. The molecule has 1 nitrogen and oxygen atoms in total. The fraction of sp³-hybridized carbons (Fsp3) is 0.300.